The van der Waals surface area contributed by atoms with Crippen LogP contribution in [0.4, 0.5) is 0 Å². The Morgan fingerprint density at radius 3 is 2.68 bits per heavy atom. The summed E-state index contributed by atoms with van der Waals surface area (Å²) < 4.78 is 0. The third-order valence-electron chi connectivity index (χ3n) is 4.37. The van der Waals surface area contributed by atoms with Crippen molar-refractivity contribution in [2.45, 2.75) is 65.3 Å². The van der Waals surface area contributed by atoms with E-state index in [4.69, 9.17) is 0 Å². The number of hydrogen-bond acceptors (Lipinski definition) is 3. The maximum atomic E-state index is 9.35. The van der Waals surface area contributed by atoms with Crippen LogP contribution >= 0.6 is 0 Å². The molecule has 0 radical (unpaired) electrons. The van der Waals surface area contributed by atoms with E-state index < -0.39 is 0 Å². The molecule has 0 bridgehead atoms. The standard InChI is InChI=1S/C16H31N3/c1-5-10-18-16(4,14-17)9-13-19-11-6-7-15(2,3)8-12-19/h18H,5-13H2,1-4H3. The molecule has 1 atom stereocenters. The highest BCUT2D eigenvalue weighted by atomic mass is 15.1. The van der Waals surface area contributed by atoms with E-state index in [1.165, 1.54) is 32.4 Å². The highest BCUT2D eigenvalue weighted by Gasteiger charge is 2.26. The lowest BCUT2D eigenvalue weighted by molar-refractivity contribution is 0.239. The highest BCUT2D eigenvalue weighted by molar-refractivity contribution is 5.04. The van der Waals surface area contributed by atoms with Crippen molar-refractivity contribution in [2.75, 3.05) is 26.2 Å². The third-order valence-corrected chi connectivity index (χ3v) is 4.37. The maximum absolute atomic E-state index is 9.35. The number of nitrogens with one attached hydrogen (secondary N) is 1. The molecule has 19 heavy (non-hydrogen) atoms. The van der Waals surface area contributed by atoms with Crippen LogP contribution in [0.2, 0.25) is 0 Å². The monoisotopic (exact) mass is 265 g/mol. The smallest absolute Gasteiger partial charge is 0.105 e. The molecule has 1 unspecified atom stereocenters. The predicted octanol–water partition coefficient (Wildman–Crippen LogP) is 3.17. The van der Waals surface area contributed by atoms with Crippen molar-refractivity contribution in [3.8, 4) is 6.07 Å². The number of nitrogens with zero attached hydrogens (tertiary/aromatic N) is 2. The Hall–Kier alpha value is -0.590. The fourth-order valence-corrected chi connectivity index (χ4v) is 2.67. The van der Waals surface area contributed by atoms with Crippen molar-refractivity contribution in [1.82, 2.24) is 10.2 Å². The topological polar surface area (TPSA) is 39.1 Å². The molecule has 1 rings (SSSR count). The van der Waals surface area contributed by atoms with E-state index in [2.05, 4.69) is 37.1 Å². The predicted molar refractivity (Wildman–Crippen MR) is 81.0 cm³/mol. The lowest BCUT2D eigenvalue weighted by Gasteiger charge is -2.28. The van der Waals surface area contributed by atoms with Crippen LogP contribution in [0.3, 0.4) is 0 Å². The van der Waals surface area contributed by atoms with Gasteiger partial charge in [-0.1, -0.05) is 20.8 Å². The summed E-state index contributed by atoms with van der Waals surface area (Å²) in [5.74, 6) is 0. The van der Waals surface area contributed by atoms with Crippen LogP contribution in [0.15, 0.2) is 0 Å². The molecule has 1 N–H and O–H groups in total. The summed E-state index contributed by atoms with van der Waals surface area (Å²) in [4.78, 5) is 2.54. The van der Waals surface area contributed by atoms with Gasteiger partial charge in [-0.2, -0.15) is 5.26 Å². The number of hydrogen-bond donors (Lipinski definition) is 1. The third kappa shape index (κ3) is 5.93. The molecule has 0 aliphatic carbocycles. The maximum Gasteiger partial charge on any atom is 0.105 e. The van der Waals surface area contributed by atoms with E-state index in [0.29, 0.717) is 5.41 Å². The average Bonchev–Trinajstić information content (AvgIpc) is 2.55. The molecular formula is C16H31N3. The molecule has 0 aromatic carbocycles. The summed E-state index contributed by atoms with van der Waals surface area (Å²) in [5.41, 5.74) is 0.131. The molecule has 0 amide bonds. The van der Waals surface area contributed by atoms with Crippen LogP contribution < -0.4 is 5.32 Å². The molecule has 3 heteroatoms. The fraction of sp³-hybridized carbons (Fsp3) is 0.938. The van der Waals surface area contributed by atoms with Crippen molar-refractivity contribution in [1.29, 1.82) is 5.26 Å². The quantitative estimate of drug-likeness (QED) is 0.802. The minimum Gasteiger partial charge on any atom is -0.303 e. The van der Waals surface area contributed by atoms with E-state index in [1.807, 2.05) is 6.92 Å². The summed E-state index contributed by atoms with van der Waals surface area (Å²) in [6.45, 7) is 13.3. The number of nitriles is 1. The van der Waals surface area contributed by atoms with Gasteiger partial charge in [0.1, 0.15) is 5.54 Å². The van der Waals surface area contributed by atoms with Crippen molar-refractivity contribution in [3.63, 3.8) is 0 Å². The van der Waals surface area contributed by atoms with Crippen LogP contribution in [-0.2, 0) is 0 Å². The second kappa shape index (κ2) is 7.26. The first-order chi connectivity index (χ1) is 8.91. The summed E-state index contributed by atoms with van der Waals surface area (Å²) in [5, 5.41) is 12.7. The summed E-state index contributed by atoms with van der Waals surface area (Å²) in [7, 11) is 0. The normalized spacial score (nSPS) is 23.3. The van der Waals surface area contributed by atoms with E-state index in [9.17, 15) is 5.26 Å². The van der Waals surface area contributed by atoms with Crippen molar-refractivity contribution >= 4 is 0 Å². The van der Waals surface area contributed by atoms with Crippen LogP contribution in [0.1, 0.15) is 59.8 Å². The van der Waals surface area contributed by atoms with Gasteiger partial charge in [0.25, 0.3) is 0 Å². The molecule has 1 fully saturated rings. The van der Waals surface area contributed by atoms with Crippen molar-refractivity contribution in [2.24, 2.45) is 5.41 Å². The minimum absolute atomic E-state index is 0.363. The first-order valence-electron chi connectivity index (χ1n) is 7.79. The summed E-state index contributed by atoms with van der Waals surface area (Å²) >= 11 is 0. The first kappa shape index (κ1) is 16.5. The number of rotatable bonds is 6. The Kier molecular flexibility index (Phi) is 6.29. The van der Waals surface area contributed by atoms with E-state index in [1.54, 1.807) is 0 Å². The minimum atomic E-state index is -0.363. The first-order valence-corrected chi connectivity index (χ1v) is 7.79. The molecule has 0 aromatic heterocycles. The molecular weight excluding hydrogens is 234 g/mol. The van der Waals surface area contributed by atoms with Gasteiger partial charge in [-0.25, -0.2) is 0 Å². The van der Waals surface area contributed by atoms with Gasteiger partial charge in [-0.3, -0.25) is 5.32 Å². The summed E-state index contributed by atoms with van der Waals surface area (Å²) in [6, 6.07) is 2.45. The van der Waals surface area contributed by atoms with Gasteiger partial charge in [-0.15, -0.1) is 0 Å². The van der Waals surface area contributed by atoms with Gasteiger partial charge in [-0.05, 0) is 64.1 Å². The second-order valence-electron chi connectivity index (χ2n) is 6.98. The van der Waals surface area contributed by atoms with Gasteiger partial charge < -0.3 is 4.90 Å². The molecule has 3 nitrogen and oxygen atoms in total. The van der Waals surface area contributed by atoms with Gasteiger partial charge in [0.2, 0.25) is 0 Å². The Labute approximate surface area is 119 Å². The summed E-state index contributed by atoms with van der Waals surface area (Å²) in [6.07, 6.45) is 5.89. The lowest BCUT2D eigenvalue weighted by atomic mass is 9.85. The van der Waals surface area contributed by atoms with Gasteiger partial charge in [0, 0.05) is 6.54 Å². The van der Waals surface area contributed by atoms with Crippen molar-refractivity contribution < 1.29 is 0 Å². The largest absolute Gasteiger partial charge is 0.303 e. The van der Waals surface area contributed by atoms with Crippen LogP contribution in [-0.4, -0.2) is 36.6 Å². The Balaban J connectivity index is 2.40. The number of likely N-dealkylation sites (tertiary alicyclic amines) is 1. The molecule has 110 valence electrons. The Morgan fingerprint density at radius 2 is 2.05 bits per heavy atom. The van der Waals surface area contributed by atoms with Gasteiger partial charge in [0.05, 0.1) is 6.07 Å². The zero-order chi connectivity index (χ0) is 14.4. The van der Waals surface area contributed by atoms with Crippen molar-refractivity contribution in [3.05, 3.63) is 0 Å². The average molecular weight is 265 g/mol. The van der Waals surface area contributed by atoms with E-state index in [0.717, 1.165) is 25.9 Å². The van der Waals surface area contributed by atoms with E-state index >= 15 is 0 Å². The van der Waals surface area contributed by atoms with Gasteiger partial charge >= 0.3 is 0 Å². The zero-order valence-corrected chi connectivity index (χ0v) is 13.3. The van der Waals surface area contributed by atoms with Crippen LogP contribution in [0, 0.1) is 16.7 Å². The molecule has 1 saturated heterocycles. The Bertz CT molecular complexity index is 306. The molecule has 1 aliphatic heterocycles. The molecule has 0 aromatic rings. The molecule has 1 aliphatic rings. The fourth-order valence-electron chi connectivity index (χ4n) is 2.67. The van der Waals surface area contributed by atoms with Crippen LogP contribution in [0.5, 0.6) is 0 Å². The Morgan fingerprint density at radius 1 is 1.32 bits per heavy atom. The van der Waals surface area contributed by atoms with Gasteiger partial charge in [0.15, 0.2) is 0 Å². The molecule has 0 saturated carbocycles. The second-order valence-corrected chi connectivity index (χ2v) is 6.98. The lowest BCUT2D eigenvalue weighted by Crippen LogP contribution is -2.44. The van der Waals surface area contributed by atoms with E-state index in [-0.39, 0.29) is 5.54 Å². The molecule has 1 heterocycles. The zero-order valence-electron chi connectivity index (χ0n) is 13.3. The molecule has 0 spiro atoms. The SMILES string of the molecule is CCCNC(C)(C#N)CCN1CCCC(C)(C)CC1. The highest BCUT2D eigenvalue weighted by Crippen LogP contribution is 2.29. The van der Waals surface area contributed by atoms with Crippen LogP contribution in [0.25, 0.3) is 0 Å².